The molecule has 0 fully saturated rings. The maximum atomic E-state index is 12.4. The van der Waals surface area contributed by atoms with E-state index in [0.29, 0.717) is 19.4 Å². The van der Waals surface area contributed by atoms with Gasteiger partial charge in [0.25, 0.3) is 0 Å². The number of ketones is 1. The molecule has 0 spiro atoms. The van der Waals surface area contributed by atoms with Gasteiger partial charge in [-0.3, -0.25) is 9.59 Å². The molecule has 102 valence electrons. The number of benzene rings is 1. The zero-order valence-electron chi connectivity index (χ0n) is 11.6. The molecule has 0 saturated carbocycles. The van der Waals surface area contributed by atoms with Crippen molar-refractivity contribution in [3.63, 3.8) is 0 Å². The van der Waals surface area contributed by atoms with Gasteiger partial charge in [0, 0.05) is 17.4 Å². The molecule has 19 heavy (non-hydrogen) atoms. The fourth-order valence-electron chi connectivity index (χ4n) is 2.78. The molecular weight excluding hydrogens is 240 g/mol. The smallest absolute Gasteiger partial charge is 0.305 e. The summed E-state index contributed by atoms with van der Waals surface area (Å²) < 4.78 is 4.90. The van der Waals surface area contributed by atoms with Crippen molar-refractivity contribution in [2.75, 3.05) is 6.61 Å². The van der Waals surface area contributed by atoms with E-state index in [1.54, 1.807) is 6.92 Å². The topological polar surface area (TPSA) is 43.4 Å². The first kappa shape index (κ1) is 13.8. The zero-order valence-corrected chi connectivity index (χ0v) is 11.6. The van der Waals surface area contributed by atoms with Crippen molar-refractivity contribution in [3.8, 4) is 0 Å². The Morgan fingerprint density at radius 3 is 2.79 bits per heavy atom. The number of Topliss-reactive ketones (excluding diaryl/α,β-unsaturated/α-hetero) is 1. The molecule has 0 aromatic heterocycles. The monoisotopic (exact) mass is 260 g/mol. The number of hydrogen-bond donors (Lipinski definition) is 0. The van der Waals surface area contributed by atoms with Gasteiger partial charge >= 0.3 is 5.97 Å². The number of hydrogen-bond acceptors (Lipinski definition) is 3. The van der Waals surface area contributed by atoms with Crippen LogP contribution in [0.2, 0.25) is 0 Å². The molecule has 1 aliphatic carbocycles. The van der Waals surface area contributed by atoms with E-state index in [1.165, 1.54) is 0 Å². The first-order valence-corrected chi connectivity index (χ1v) is 6.85. The Hall–Kier alpha value is -1.64. The molecule has 1 unspecified atom stereocenters. The van der Waals surface area contributed by atoms with E-state index in [2.05, 4.69) is 0 Å². The second kappa shape index (κ2) is 5.55. The van der Waals surface area contributed by atoms with E-state index in [1.807, 2.05) is 31.2 Å². The molecule has 0 radical (unpaired) electrons. The SMILES string of the molecule is CCOC(=O)CCCC1(C)Cc2ccccc2C1=O. The molecule has 3 nitrogen and oxygen atoms in total. The van der Waals surface area contributed by atoms with Gasteiger partial charge in [0.2, 0.25) is 0 Å². The minimum atomic E-state index is -0.351. The lowest BCUT2D eigenvalue weighted by atomic mass is 9.81. The molecule has 0 heterocycles. The van der Waals surface area contributed by atoms with E-state index in [0.717, 1.165) is 24.0 Å². The van der Waals surface area contributed by atoms with Crippen LogP contribution in [0.1, 0.15) is 49.0 Å². The number of esters is 1. The molecule has 2 rings (SSSR count). The van der Waals surface area contributed by atoms with Crippen LogP contribution in [0.4, 0.5) is 0 Å². The van der Waals surface area contributed by atoms with Crippen LogP contribution in [0, 0.1) is 5.41 Å². The second-order valence-corrected chi connectivity index (χ2v) is 5.38. The molecule has 1 aliphatic rings. The fraction of sp³-hybridized carbons (Fsp3) is 0.500. The third-order valence-corrected chi connectivity index (χ3v) is 3.81. The molecule has 0 amide bonds. The quantitative estimate of drug-likeness (QED) is 0.764. The van der Waals surface area contributed by atoms with Crippen molar-refractivity contribution in [2.24, 2.45) is 5.41 Å². The van der Waals surface area contributed by atoms with Crippen molar-refractivity contribution in [3.05, 3.63) is 35.4 Å². The predicted molar refractivity (Wildman–Crippen MR) is 73.1 cm³/mol. The Morgan fingerprint density at radius 2 is 2.11 bits per heavy atom. The summed E-state index contributed by atoms with van der Waals surface area (Å²) in [6, 6.07) is 7.79. The highest BCUT2D eigenvalue weighted by molar-refractivity contribution is 6.04. The standard InChI is InChI=1S/C16H20O3/c1-3-19-14(17)9-6-10-16(2)11-12-7-4-5-8-13(12)15(16)18/h4-5,7-8H,3,6,9-11H2,1-2H3. The van der Waals surface area contributed by atoms with Crippen LogP contribution in [-0.4, -0.2) is 18.4 Å². The van der Waals surface area contributed by atoms with Crippen molar-refractivity contribution >= 4 is 11.8 Å². The minimum Gasteiger partial charge on any atom is -0.466 e. The summed E-state index contributed by atoms with van der Waals surface area (Å²) in [5.41, 5.74) is 1.63. The Labute approximate surface area is 114 Å². The first-order chi connectivity index (χ1) is 9.07. The van der Waals surface area contributed by atoms with Crippen LogP contribution in [0.15, 0.2) is 24.3 Å². The van der Waals surface area contributed by atoms with E-state index in [9.17, 15) is 9.59 Å². The highest BCUT2D eigenvalue weighted by atomic mass is 16.5. The minimum absolute atomic E-state index is 0.172. The van der Waals surface area contributed by atoms with E-state index >= 15 is 0 Å². The Balaban J connectivity index is 1.95. The number of ether oxygens (including phenoxy) is 1. The van der Waals surface area contributed by atoms with Gasteiger partial charge in [-0.1, -0.05) is 31.2 Å². The summed E-state index contributed by atoms with van der Waals surface area (Å²) in [6.07, 6.45) is 2.62. The molecule has 1 aromatic carbocycles. The summed E-state index contributed by atoms with van der Waals surface area (Å²) >= 11 is 0. The Morgan fingerprint density at radius 1 is 1.37 bits per heavy atom. The average molecular weight is 260 g/mol. The van der Waals surface area contributed by atoms with Crippen LogP contribution in [0.3, 0.4) is 0 Å². The average Bonchev–Trinajstić information content (AvgIpc) is 2.63. The van der Waals surface area contributed by atoms with Crippen LogP contribution < -0.4 is 0 Å². The fourth-order valence-corrected chi connectivity index (χ4v) is 2.78. The van der Waals surface area contributed by atoms with Crippen LogP contribution >= 0.6 is 0 Å². The normalized spacial score (nSPS) is 21.3. The van der Waals surface area contributed by atoms with E-state index in [4.69, 9.17) is 4.74 Å². The zero-order chi connectivity index (χ0) is 13.9. The van der Waals surface area contributed by atoms with Gasteiger partial charge in [0.15, 0.2) is 5.78 Å². The van der Waals surface area contributed by atoms with E-state index < -0.39 is 0 Å². The second-order valence-electron chi connectivity index (χ2n) is 5.38. The highest BCUT2D eigenvalue weighted by Gasteiger charge is 2.40. The van der Waals surface area contributed by atoms with Crippen molar-refractivity contribution in [1.82, 2.24) is 0 Å². The number of rotatable bonds is 5. The molecule has 0 aliphatic heterocycles. The van der Waals surface area contributed by atoms with Crippen molar-refractivity contribution < 1.29 is 14.3 Å². The maximum absolute atomic E-state index is 12.4. The van der Waals surface area contributed by atoms with Gasteiger partial charge in [-0.05, 0) is 31.7 Å². The lowest BCUT2D eigenvalue weighted by molar-refractivity contribution is -0.143. The van der Waals surface area contributed by atoms with Crippen molar-refractivity contribution in [2.45, 2.75) is 39.5 Å². The third kappa shape index (κ3) is 2.86. The van der Waals surface area contributed by atoms with Gasteiger partial charge in [-0.15, -0.1) is 0 Å². The summed E-state index contributed by atoms with van der Waals surface area (Å²) in [5.74, 6) is 0.0426. The number of fused-ring (bicyclic) bond motifs is 1. The van der Waals surface area contributed by atoms with Gasteiger partial charge in [0.05, 0.1) is 6.61 Å². The highest BCUT2D eigenvalue weighted by Crippen LogP contribution is 2.40. The van der Waals surface area contributed by atoms with Crippen molar-refractivity contribution in [1.29, 1.82) is 0 Å². The molecule has 1 aromatic rings. The van der Waals surface area contributed by atoms with Gasteiger partial charge in [-0.25, -0.2) is 0 Å². The number of carbonyl (C=O) groups is 2. The van der Waals surface area contributed by atoms with Gasteiger partial charge < -0.3 is 4.74 Å². The molecule has 0 saturated heterocycles. The third-order valence-electron chi connectivity index (χ3n) is 3.81. The van der Waals surface area contributed by atoms with Crippen LogP contribution in [0.25, 0.3) is 0 Å². The van der Waals surface area contributed by atoms with Crippen LogP contribution in [-0.2, 0) is 16.0 Å². The molecule has 0 N–H and O–H groups in total. The predicted octanol–water partition coefficient (Wildman–Crippen LogP) is 3.17. The maximum Gasteiger partial charge on any atom is 0.305 e. The summed E-state index contributed by atoms with van der Waals surface area (Å²) in [4.78, 5) is 23.7. The molecule has 0 bridgehead atoms. The first-order valence-electron chi connectivity index (χ1n) is 6.85. The summed E-state index contributed by atoms with van der Waals surface area (Å²) in [6.45, 7) is 4.22. The lowest BCUT2D eigenvalue weighted by Gasteiger charge is -2.21. The Bertz CT molecular complexity index is 493. The largest absolute Gasteiger partial charge is 0.466 e. The van der Waals surface area contributed by atoms with Crippen LogP contribution in [0.5, 0.6) is 0 Å². The van der Waals surface area contributed by atoms with Gasteiger partial charge in [0.1, 0.15) is 0 Å². The lowest BCUT2D eigenvalue weighted by Crippen LogP contribution is -2.24. The Kier molecular flexibility index (Phi) is 4.03. The molecule has 1 atom stereocenters. The van der Waals surface area contributed by atoms with E-state index in [-0.39, 0.29) is 17.2 Å². The molecular formula is C16H20O3. The van der Waals surface area contributed by atoms with Gasteiger partial charge in [-0.2, -0.15) is 0 Å². The number of carbonyl (C=O) groups excluding carboxylic acids is 2. The summed E-state index contributed by atoms with van der Waals surface area (Å²) in [7, 11) is 0. The molecule has 3 heteroatoms. The summed E-state index contributed by atoms with van der Waals surface area (Å²) in [5, 5.41) is 0.